The summed E-state index contributed by atoms with van der Waals surface area (Å²) in [6, 6.07) is 5.55. The molecule has 5 heteroatoms. The van der Waals surface area contributed by atoms with Gasteiger partial charge in [0.2, 0.25) is 0 Å². The highest BCUT2D eigenvalue weighted by Crippen LogP contribution is 2.31. The standard InChI is InChI=1S/C14H20N2O3/c1-10-9-15-7-8-16(10)14(17)11-5-4-6-12(18-2)13(11)19-3/h4-6,10,15H,7-9H2,1-3H3/t10-/m0/s1. The first-order chi connectivity index (χ1) is 9.19. The van der Waals surface area contributed by atoms with Crippen molar-refractivity contribution >= 4 is 5.91 Å². The zero-order valence-corrected chi connectivity index (χ0v) is 11.6. The van der Waals surface area contributed by atoms with Gasteiger partial charge in [0, 0.05) is 25.7 Å². The Hall–Kier alpha value is -1.75. The summed E-state index contributed by atoms with van der Waals surface area (Å²) in [6.45, 7) is 4.39. The van der Waals surface area contributed by atoms with Gasteiger partial charge in [0.15, 0.2) is 11.5 Å². The maximum Gasteiger partial charge on any atom is 0.258 e. The summed E-state index contributed by atoms with van der Waals surface area (Å²) in [5.41, 5.74) is 0.551. The third kappa shape index (κ3) is 2.66. The molecule has 1 aliphatic heterocycles. The second-order valence-electron chi connectivity index (χ2n) is 4.59. The second-order valence-corrected chi connectivity index (χ2v) is 4.59. The van der Waals surface area contributed by atoms with E-state index in [1.54, 1.807) is 32.4 Å². The Kier molecular flexibility index (Phi) is 4.27. The van der Waals surface area contributed by atoms with Gasteiger partial charge in [0.25, 0.3) is 5.91 Å². The summed E-state index contributed by atoms with van der Waals surface area (Å²) >= 11 is 0. The lowest BCUT2D eigenvalue weighted by molar-refractivity contribution is 0.0651. The average Bonchev–Trinajstić information content (AvgIpc) is 2.46. The van der Waals surface area contributed by atoms with Crippen molar-refractivity contribution in [3.05, 3.63) is 23.8 Å². The van der Waals surface area contributed by atoms with Crippen LogP contribution in [0.4, 0.5) is 0 Å². The van der Waals surface area contributed by atoms with Gasteiger partial charge in [-0.15, -0.1) is 0 Å². The minimum atomic E-state index is -0.00949. The monoisotopic (exact) mass is 264 g/mol. The van der Waals surface area contributed by atoms with Crippen LogP contribution in [0.3, 0.4) is 0 Å². The lowest BCUT2D eigenvalue weighted by atomic mass is 10.1. The Bertz CT molecular complexity index is 462. The number of hydrogen-bond donors (Lipinski definition) is 1. The van der Waals surface area contributed by atoms with Crippen molar-refractivity contribution in [2.24, 2.45) is 0 Å². The molecule has 1 atom stereocenters. The minimum Gasteiger partial charge on any atom is -0.493 e. The van der Waals surface area contributed by atoms with Crippen molar-refractivity contribution in [2.45, 2.75) is 13.0 Å². The number of methoxy groups -OCH3 is 2. The Labute approximate surface area is 113 Å². The van der Waals surface area contributed by atoms with E-state index in [4.69, 9.17) is 9.47 Å². The minimum absolute atomic E-state index is 0.00949. The number of nitrogens with zero attached hydrogens (tertiary/aromatic N) is 1. The third-order valence-corrected chi connectivity index (χ3v) is 3.40. The molecule has 1 heterocycles. The van der Waals surface area contributed by atoms with Crippen molar-refractivity contribution in [1.82, 2.24) is 10.2 Å². The van der Waals surface area contributed by atoms with Crippen LogP contribution in [0, 0.1) is 0 Å². The molecule has 1 aromatic rings. The lowest BCUT2D eigenvalue weighted by Crippen LogP contribution is -2.52. The third-order valence-electron chi connectivity index (χ3n) is 3.40. The second kappa shape index (κ2) is 5.93. The fourth-order valence-corrected chi connectivity index (χ4v) is 2.35. The summed E-state index contributed by atoms with van der Waals surface area (Å²) in [6.07, 6.45) is 0. The molecule has 1 fully saturated rings. The van der Waals surface area contributed by atoms with Crippen molar-refractivity contribution in [1.29, 1.82) is 0 Å². The number of piperazine rings is 1. The van der Waals surface area contributed by atoms with Crippen LogP contribution in [-0.4, -0.2) is 50.7 Å². The van der Waals surface area contributed by atoms with Gasteiger partial charge in [-0.3, -0.25) is 4.79 Å². The van der Waals surface area contributed by atoms with Crippen LogP contribution >= 0.6 is 0 Å². The predicted octanol–water partition coefficient (Wildman–Crippen LogP) is 1.14. The molecule has 19 heavy (non-hydrogen) atoms. The summed E-state index contributed by atoms with van der Waals surface area (Å²) in [4.78, 5) is 14.5. The van der Waals surface area contributed by atoms with Gasteiger partial charge < -0.3 is 19.7 Å². The van der Waals surface area contributed by atoms with Crippen LogP contribution < -0.4 is 14.8 Å². The number of amides is 1. The van der Waals surface area contributed by atoms with E-state index in [0.717, 1.165) is 13.1 Å². The zero-order chi connectivity index (χ0) is 13.8. The van der Waals surface area contributed by atoms with Crippen molar-refractivity contribution in [3.8, 4) is 11.5 Å². The Balaban J connectivity index is 2.32. The van der Waals surface area contributed by atoms with Crippen molar-refractivity contribution in [3.63, 3.8) is 0 Å². The maximum absolute atomic E-state index is 12.6. The van der Waals surface area contributed by atoms with Gasteiger partial charge >= 0.3 is 0 Å². The van der Waals surface area contributed by atoms with E-state index in [1.807, 2.05) is 11.8 Å². The van der Waals surface area contributed by atoms with Crippen molar-refractivity contribution < 1.29 is 14.3 Å². The highest BCUT2D eigenvalue weighted by Gasteiger charge is 2.27. The van der Waals surface area contributed by atoms with E-state index in [2.05, 4.69) is 5.32 Å². The fourth-order valence-electron chi connectivity index (χ4n) is 2.35. The molecule has 0 aliphatic carbocycles. The number of benzene rings is 1. The molecule has 104 valence electrons. The Morgan fingerprint density at radius 1 is 1.37 bits per heavy atom. The largest absolute Gasteiger partial charge is 0.493 e. The van der Waals surface area contributed by atoms with Crippen LogP contribution in [0.15, 0.2) is 18.2 Å². The van der Waals surface area contributed by atoms with Crippen LogP contribution in [0.2, 0.25) is 0 Å². The quantitative estimate of drug-likeness (QED) is 0.889. The molecule has 0 radical (unpaired) electrons. The summed E-state index contributed by atoms with van der Waals surface area (Å²) < 4.78 is 10.6. The number of ether oxygens (including phenoxy) is 2. The normalized spacial score (nSPS) is 19.1. The maximum atomic E-state index is 12.6. The Morgan fingerprint density at radius 2 is 2.16 bits per heavy atom. The van der Waals surface area contributed by atoms with Gasteiger partial charge in [-0.25, -0.2) is 0 Å². The molecule has 1 saturated heterocycles. The number of carbonyl (C=O) groups is 1. The molecule has 0 unspecified atom stereocenters. The molecule has 0 saturated carbocycles. The number of carbonyl (C=O) groups excluding carboxylic acids is 1. The molecule has 0 bridgehead atoms. The molecular formula is C14H20N2O3. The van der Waals surface area contributed by atoms with E-state index >= 15 is 0 Å². The molecule has 1 N–H and O–H groups in total. The van der Waals surface area contributed by atoms with Crippen LogP contribution in [0.25, 0.3) is 0 Å². The molecule has 1 aromatic carbocycles. The molecule has 1 aliphatic rings. The first-order valence-corrected chi connectivity index (χ1v) is 6.41. The average molecular weight is 264 g/mol. The lowest BCUT2D eigenvalue weighted by Gasteiger charge is -2.34. The highest BCUT2D eigenvalue weighted by atomic mass is 16.5. The van der Waals surface area contributed by atoms with E-state index in [-0.39, 0.29) is 11.9 Å². The number of para-hydroxylation sites is 1. The predicted molar refractivity (Wildman–Crippen MR) is 72.9 cm³/mol. The smallest absolute Gasteiger partial charge is 0.258 e. The first kappa shape index (κ1) is 13.7. The van der Waals surface area contributed by atoms with Gasteiger partial charge in [0.1, 0.15) is 0 Å². The molecule has 1 amide bonds. The van der Waals surface area contributed by atoms with E-state index < -0.39 is 0 Å². The highest BCUT2D eigenvalue weighted by molar-refractivity contribution is 5.98. The number of hydrogen-bond acceptors (Lipinski definition) is 4. The fraction of sp³-hybridized carbons (Fsp3) is 0.500. The van der Waals surface area contributed by atoms with Gasteiger partial charge in [-0.1, -0.05) is 6.07 Å². The molecule has 2 rings (SSSR count). The summed E-state index contributed by atoms with van der Waals surface area (Å²) in [5.74, 6) is 1.07. The van der Waals surface area contributed by atoms with E-state index in [9.17, 15) is 4.79 Å². The molecular weight excluding hydrogens is 244 g/mol. The van der Waals surface area contributed by atoms with Crippen LogP contribution in [0.1, 0.15) is 17.3 Å². The SMILES string of the molecule is COc1cccc(C(=O)N2CCNC[C@@H]2C)c1OC. The van der Waals surface area contributed by atoms with Crippen LogP contribution in [0.5, 0.6) is 11.5 Å². The van der Waals surface area contributed by atoms with Crippen LogP contribution in [-0.2, 0) is 0 Å². The molecule has 0 aromatic heterocycles. The van der Waals surface area contributed by atoms with Gasteiger partial charge in [-0.2, -0.15) is 0 Å². The Morgan fingerprint density at radius 3 is 2.79 bits per heavy atom. The molecule has 0 spiro atoms. The van der Waals surface area contributed by atoms with Gasteiger partial charge in [0.05, 0.1) is 19.8 Å². The summed E-state index contributed by atoms with van der Waals surface area (Å²) in [7, 11) is 3.12. The first-order valence-electron chi connectivity index (χ1n) is 6.41. The molecule has 5 nitrogen and oxygen atoms in total. The van der Waals surface area contributed by atoms with Crippen molar-refractivity contribution in [2.75, 3.05) is 33.9 Å². The number of rotatable bonds is 3. The van der Waals surface area contributed by atoms with Gasteiger partial charge in [-0.05, 0) is 19.1 Å². The number of nitrogens with one attached hydrogen (secondary N) is 1. The van der Waals surface area contributed by atoms with E-state index in [1.165, 1.54) is 0 Å². The zero-order valence-electron chi connectivity index (χ0n) is 11.6. The topological polar surface area (TPSA) is 50.8 Å². The summed E-state index contributed by atoms with van der Waals surface area (Å²) in [5, 5.41) is 3.27. The van der Waals surface area contributed by atoms with E-state index in [0.29, 0.717) is 23.6 Å².